The van der Waals surface area contributed by atoms with Gasteiger partial charge in [0.1, 0.15) is 29.6 Å². The maximum atomic E-state index is 14.3. The maximum Gasteiger partial charge on any atom is 0.330 e. The van der Waals surface area contributed by atoms with Gasteiger partial charge in [0.05, 0.1) is 9.95 Å². The summed E-state index contributed by atoms with van der Waals surface area (Å²) < 4.78 is 3.67. The number of fused-ring (bicyclic) bond motifs is 3. The second-order valence-electron chi connectivity index (χ2n) is 13.8. The van der Waals surface area contributed by atoms with Crippen LogP contribution in [0.25, 0.3) is 11.0 Å². The molecule has 2 aromatic carbocycles. The fourth-order valence-corrected chi connectivity index (χ4v) is 11.3. The van der Waals surface area contributed by atoms with E-state index in [0.717, 1.165) is 75.2 Å². The van der Waals surface area contributed by atoms with Gasteiger partial charge in [0, 0.05) is 36.4 Å². The topological polar surface area (TPSA) is 157 Å². The van der Waals surface area contributed by atoms with Crippen molar-refractivity contribution in [2.45, 2.75) is 71.5 Å². The molecule has 16 heteroatoms. The Kier molecular flexibility index (Phi) is 10.1. The number of nitrogens with two attached hydrogens (primary N) is 1. The van der Waals surface area contributed by atoms with E-state index in [2.05, 4.69) is 34.0 Å². The van der Waals surface area contributed by atoms with E-state index in [0.29, 0.717) is 27.5 Å². The highest BCUT2D eigenvalue weighted by Gasteiger charge is 2.42. The van der Waals surface area contributed by atoms with E-state index in [1.165, 1.54) is 15.0 Å². The number of thioether (sulfide) groups is 1. The summed E-state index contributed by atoms with van der Waals surface area (Å²) in [5.41, 5.74) is 2.16. The molecule has 0 bridgehead atoms. The molecule has 2 atom stereocenters. The number of amides is 1. The van der Waals surface area contributed by atoms with Crippen LogP contribution in [-0.4, -0.2) is 53.9 Å². The second-order valence-corrected chi connectivity index (χ2v) is 17.5. The molecule has 2 aliphatic heterocycles. The predicted molar refractivity (Wildman–Crippen MR) is 210 cm³/mol. The van der Waals surface area contributed by atoms with E-state index in [-0.39, 0.29) is 37.5 Å². The van der Waals surface area contributed by atoms with Gasteiger partial charge in [-0.05, 0) is 81.5 Å². The summed E-state index contributed by atoms with van der Waals surface area (Å²) in [6.07, 6.45) is 5.16. The molecule has 3 N–H and O–H groups in total. The number of thiocarbonyl (C=S) groups is 1. The summed E-state index contributed by atoms with van der Waals surface area (Å²) in [4.78, 5) is 74.8. The summed E-state index contributed by atoms with van der Waals surface area (Å²) in [5, 5.41) is 9.87. The SMILES string of the molecule is CCN1C(=O)/C(=c2\s/c(=c3/s/c(=C\c4ccc5c(c4)C4CCCC4N5c4ccccc4)c(=O)n3CC(=O)O)c(=O)n2CCC(C)(C)C(=O)ON)SC1=S. The highest BCUT2D eigenvalue weighted by atomic mass is 32.2. The molecule has 1 saturated carbocycles. The van der Waals surface area contributed by atoms with E-state index in [1.807, 2.05) is 24.3 Å². The van der Waals surface area contributed by atoms with E-state index >= 15 is 0 Å². The second kappa shape index (κ2) is 14.5. The van der Waals surface area contributed by atoms with Crippen molar-refractivity contribution in [2.24, 2.45) is 11.3 Å². The molecule has 1 amide bonds. The van der Waals surface area contributed by atoms with Gasteiger partial charge in [0.2, 0.25) is 0 Å². The van der Waals surface area contributed by atoms with Gasteiger partial charge in [-0.1, -0.05) is 54.7 Å². The molecule has 53 heavy (non-hydrogen) atoms. The number of anilines is 2. The van der Waals surface area contributed by atoms with E-state index < -0.39 is 35.0 Å². The molecule has 1 saturated heterocycles. The number of para-hydroxylation sites is 1. The summed E-state index contributed by atoms with van der Waals surface area (Å²) in [5.74, 6) is 3.24. The van der Waals surface area contributed by atoms with Gasteiger partial charge >= 0.3 is 11.9 Å². The molecule has 7 rings (SSSR count). The standard InChI is InChI=1S/C37H37N5O7S4/c1-4-39-31(46)29(53-36(39)50)33-40(16-15-37(2,3)35(48)49-38)32(47)28(52-33)34-41(19-27(43)44)30(45)26(51-34)18-20-13-14-25-23(17-20)22-11-8-12-24(22)42(25)21-9-6-5-7-10-21/h5-7,9-10,13-14,17-18,22,24H,4,8,11-12,15-16,19,38H2,1-3H3,(H,43,44)/b26-18-,33-29+,34-28+. The molecular weight excluding hydrogens is 755 g/mol. The highest BCUT2D eigenvalue weighted by Crippen LogP contribution is 2.52. The Balaban J connectivity index is 1.42. The van der Waals surface area contributed by atoms with Gasteiger partial charge < -0.3 is 14.8 Å². The van der Waals surface area contributed by atoms with Crippen molar-refractivity contribution in [3.05, 3.63) is 98.8 Å². The number of rotatable bonds is 9. The monoisotopic (exact) mass is 791 g/mol. The van der Waals surface area contributed by atoms with Crippen molar-refractivity contribution in [3.8, 4) is 0 Å². The number of aromatic nitrogens is 2. The lowest BCUT2D eigenvalue weighted by atomic mass is 9.89. The number of carboxylic acid groups (broad SMARTS) is 1. The molecule has 1 aliphatic carbocycles. The Morgan fingerprint density at radius 2 is 1.79 bits per heavy atom. The predicted octanol–water partition coefficient (Wildman–Crippen LogP) is 3.94. The Morgan fingerprint density at radius 1 is 1.04 bits per heavy atom. The van der Waals surface area contributed by atoms with Crippen molar-refractivity contribution in [3.63, 3.8) is 0 Å². The first kappa shape index (κ1) is 37.0. The Labute approximate surface area is 321 Å². The van der Waals surface area contributed by atoms with Crippen molar-refractivity contribution >= 4 is 91.2 Å². The maximum absolute atomic E-state index is 14.3. The van der Waals surface area contributed by atoms with E-state index in [4.69, 9.17) is 18.1 Å². The minimum Gasteiger partial charge on any atom is -0.480 e. The molecule has 4 aromatic rings. The Morgan fingerprint density at radius 3 is 2.47 bits per heavy atom. The van der Waals surface area contributed by atoms with Crippen LogP contribution in [0.15, 0.2) is 58.1 Å². The normalized spacial score (nSPS) is 20.3. The number of hydrogen-bond acceptors (Lipinski definition) is 12. The minimum absolute atomic E-state index is 0.00774. The average Bonchev–Trinajstić information content (AvgIpc) is 3.93. The number of benzene rings is 2. The molecule has 12 nitrogen and oxygen atoms in total. The molecule has 2 unspecified atom stereocenters. The lowest BCUT2D eigenvalue weighted by Crippen LogP contribution is -2.35. The van der Waals surface area contributed by atoms with Crippen molar-refractivity contribution in [1.82, 2.24) is 14.0 Å². The molecule has 0 spiro atoms. The van der Waals surface area contributed by atoms with Crippen LogP contribution in [-0.2, 0) is 32.3 Å². The van der Waals surface area contributed by atoms with Crippen LogP contribution in [0.1, 0.15) is 63.5 Å². The van der Waals surface area contributed by atoms with E-state index in [9.17, 15) is 29.1 Å². The molecule has 3 aliphatic rings. The third kappa shape index (κ3) is 6.60. The smallest absolute Gasteiger partial charge is 0.330 e. The number of carboxylic acids is 1. The number of nitrogens with zero attached hydrogens (tertiary/aromatic N) is 4. The molecular formula is C37H37N5O7S4. The fourth-order valence-electron chi connectivity index (χ4n) is 7.38. The van der Waals surface area contributed by atoms with Crippen LogP contribution >= 0.6 is 46.7 Å². The molecule has 2 fully saturated rings. The first-order valence-electron chi connectivity index (χ1n) is 17.2. The largest absolute Gasteiger partial charge is 0.480 e. The van der Waals surface area contributed by atoms with E-state index in [1.54, 1.807) is 26.8 Å². The minimum atomic E-state index is -1.25. The van der Waals surface area contributed by atoms with Gasteiger partial charge in [-0.2, -0.15) is 5.90 Å². The summed E-state index contributed by atoms with van der Waals surface area (Å²) in [6, 6.07) is 16.8. The quantitative estimate of drug-likeness (QED) is 0.187. The van der Waals surface area contributed by atoms with Gasteiger partial charge in [0.25, 0.3) is 17.0 Å². The van der Waals surface area contributed by atoms with Crippen molar-refractivity contribution in [1.29, 1.82) is 0 Å². The zero-order valence-corrected chi connectivity index (χ0v) is 32.5. The third-order valence-electron chi connectivity index (χ3n) is 10.1. The van der Waals surface area contributed by atoms with Gasteiger partial charge in [-0.15, -0.1) is 22.7 Å². The first-order valence-corrected chi connectivity index (χ1v) is 20.0. The van der Waals surface area contributed by atoms with Gasteiger partial charge in [0.15, 0.2) is 0 Å². The van der Waals surface area contributed by atoms with Crippen molar-refractivity contribution < 1.29 is 24.3 Å². The summed E-state index contributed by atoms with van der Waals surface area (Å²) in [6.45, 7) is 4.73. The fraction of sp³-hybridized carbons (Fsp3) is 0.351. The number of hydrogen-bond donors (Lipinski definition) is 2. The van der Waals surface area contributed by atoms with Crippen molar-refractivity contribution in [2.75, 3.05) is 11.4 Å². The number of aliphatic carboxylic acids is 1. The molecule has 0 radical (unpaired) electrons. The van der Waals surface area contributed by atoms with Crippen LogP contribution < -0.4 is 31.1 Å². The zero-order valence-electron chi connectivity index (χ0n) is 29.2. The Bertz CT molecular complexity index is 2520. The molecule has 276 valence electrons. The third-order valence-corrected chi connectivity index (χ3v) is 14.1. The Hall–Kier alpha value is -4.35. The lowest BCUT2D eigenvalue weighted by Gasteiger charge is -2.27. The molecule has 4 heterocycles. The number of carbonyl (C=O) groups is 3. The van der Waals surface area contributed by atoms with Crippen LogP contribution in [0.2, 0.25) is 0 Å². The summed E-state index contributed by atoms with van der Waals surface area (Å²) >= 11 is 8.55. The number of thiazole rings is 2. The number of carbonyl (C=O) groups excluding carboxylic acids is 2. The summed E-state index contributed by atoms with van der Waals surface area (Å²) in [7, 11) is 0. The van der Waals surface area contributed by atoms with Crippen LogP contribution in [0, 0.1) is 14.6 Å². The van der Waals surface area contributed by atoms with Crippen LogP contribution in [0.5, 0.6) is 0 Å². The zero-order chi connectivity index (χ0) is 37.8. The van der Waals surface area contributed by atoms with Gasteiger partial charge in [-0.25, -0.2) is 4.79 Å². The highest BCUT2D eigenvalue weighted by molar-refractivity contribution is 8.30. The van der Waals surface area contributed by atoms with Crippen LogP contribution in [0.3, 0.4) is 0 Å². The first-order chi connectivity index (χ1) is 25.3. The van der Waals surface area contributed by atoms with Crippen LogP contribution in [0.4, 0.5) is 11.4 Å². The van der Waals surface area contributed by atoms with Gasteiger partial charge in [-0.3, -0.25) is 33.2 Å². The molecule has 2 aromatic heterocycles. The average molecular weight is 792 g/mol. The lowest BCUT2D eigenvalue weighted by molar-refractivity contribution is -0.155.